The molecular formula is C8H6O2S. The molecule has 0 aromatic heterocycles. The van der Waals surface area contributed by atoms with Gasteiger partial charge in [0.05, 0.1) is 4.90 Å². The highest BCUT2D eigenvalue weighted by Crippen LogP contribution is 2.20. The predicted molar refractivity (Wildman–Crippen MR) is 43.0 cm³/mol. The van der Waals surface area contributed by atoms with Crippen LogP contribution in [0.2, 0.25) is 0 Å². The molecule has 0 saturated carbocycles. The minimum atomic E-state index is -1.30. The Balaban J connectivity index is 2.63. The molecule has 0 fully saturated rings. The Labute approximate surface area is 67.2 Å². The summed E-state index contributed by atoms with van der Waals surface area (Å²) in [5.41, 5.74) is 0.970. The maximum atomic E-state index is 11.1. The Bertz CT molecular complexity index is 331. The maximum absolute atomic E-state index is 11.1. The highest BCUT2D eigenvalue weighted by Gasteiger charge is 2.10. The molecular weight excluding hydrogens is 160 g/mol. The van der Waals surface area contributed by atoms with E-state index in [1.165, 1.54) is 6.26 Å². The number of benzene rings is 1. The lowest BCUT2D eigenvalue weighted by Crippen LogP contribution is -1.99. The van der Waals surface area contributed by atoms with Crippen LogP contribution >= 0.6 is 0 Å². The smallest absolute Gasteiger partial charge is 0.240 e. The van der Waals surface area contributed by atoms with Crippen molar-refractivity contribution in [1.29, 1.82) is 0 Å². The highest BCUT2D eigenvalue weighted by atomic mass is 32.2. The molecule has 1 aliphatic heterocycles. The number of hydrogen-bond donors (Lipinski definition) is 0. The summed E-state index contributed by atoms with van der Waals surface area (Å²) < 4.78 is 15.9. The molecule has 0 spiro atoms. The van der Waals surface area contributed by atoms with Crippen LogP contribution in [0.25, 0.3) is 6.08 Å². The first-order chi connectivity index (χ1) is 5.38. The molecule has 0 N–H and O–H groups in total. The normalized spacial score (nSPS) is 20.5. The molecule has 1 aromatic rings. The summed E-state index contributed by atoms with van der Waals surface area (Å²) in [6.45, 7) is 0. The van der Waals surface area contributed by atoms with E-state index < -0.39 is 11.1 Å². The van der Waals surface area contributed by atoms with Crippen molar-refractivity contribution in [3.05, 3.63) is 36.1 Å². The van der Waals surface area contributed by atoms with Crippen LogP contribution in [0.1, 0.15) is 5.56 Å². The van der Waals surface area contributed by atoms with E-state index in [4.69, 9.17) is 4.18 Å². The molecule has 1 heterocycles. The zero-order valence-electron chi connectivity index (χ0n) is 5.69. The molecule has 0 bridgehead atoms. The van der Waals surface area contributed by atoms with Gasteiger partial charge in [-0.25, -0.2) is 4.21 Å². The highest BCUT2D eigenvalue weighted by molar-refractivity contribution is 7.80. The average Bonchev–Trinajstić information content (AvgIpc) is 2.06. The fourth-order valence-electron chi connectivity index (χ4n) is 0.973. The van der Waals surface area contributed by atoms with Gasteiger partial charge in [-0.05, 0) is 17.7 Å². The van der Waals surface area contributed by atoms with Crippen molar-refractivity contribution in [2.45, 2.75) is 4.90 Å². The summed E-state index contributed by atoms with van der Waals surface area (Å²) in [7, 11) is 0. The van der Waals surface area contributed by atoms with Crippen LogP contribution in [-0.2, 0) is 15.3 Å². The molecule has 0 aliphatic carbocycles. The fraction of sp³-hybridized carbons (Fsp3) is 0. The lowest BCUT2D eigenvalue weighted by atomic mass is 10.2. The van der Waals surface area contributed by atoms with E-state index in [1.807, 2.05) is 18.2 Å². The molecule has 1 atom stereocenters. The van der Waals surface area contributed by atoms with Crippen LogP contribution < -0.4 is 0 Å². The van der Waals surface area contributed by atoms with Gasteiger partial charge in [-0.2, -0.15) is 0 Å². The second-order valence-corrected chi connectivity index (χ2v) is 3.27. The van der Waals surface area contributed by atoms with Crippen molar-refractivity contribution in [2.24, 2.45) is 0 Å². The topological polar surface area (TPSA) is 26.3 Å². The first kappa shape index (κ1) is 6.61. The standard InChI is InChI=1S/C8H6O2S/c9-11-8-4-2-1-3-7(8)5-6-10-11/h1-6H. The van der Waals surface area contributed by atoms with E-state index in [1.54, 1.807) is 12.1 Å². The van der Waals surface area contributed by atoms with Crippen molar-refractivity contribution < 1.29 is 8.39 Å². The summed E-state index contributed by atoms with van der Waals surface area (Å²) >= 11 is -1.30. The molecule has 11 heavy (non-hydrogen) atoms. The van der Waals surface area contributed by atoms with Crippen LogP contribution in [0, 0.1) is 0 Å². The molecule has 1 aliphatic rings. The van der Waals surface area contributed by atoms with E-state index in [9.17, 15) is 4.21 Å². The van der Waals surface area contributed by atoms with Gasteiger partial charge in [0.1, 0.15) is 6.26 Å². The van der Waals surface area contributed by atoms with Crippen LogP contribution in [0.4, 0.5) is 0 Å². The monoisotopic (exact) mass is 166 g/mol. The van der Waals surface area contributed by atoms with Crippen LogP contribution in [0.3, 0.4) is 0 Å². The molecule has 56 valence electrons. The second-order valence-electron chi connectivity index (χ2n) is 2.17. The SMILES string of the molecule is O=S1OC=Cc2ccccc21. The number of rotatable bonds is 0. The lowest BCUT2D eigenvalue weighted by Gasteiger charge is -2.08. The molecule has 0 amide bonds. The Morgan fingerprint density at radius 1 is 1.27 bits per heavy atom. The van der Waals surface area contributed by atoms with Gasteiger partial charge in [-0.3, -0.25) is 0 Å². The predicted octanol–water partition coefficient (Wildman–Crippen LogP) is 1.71. The number of hydrogen-bond acceptors (Lipinski definition) is 2. The van der Waals surface area contributed by atoms with E-state index >= 15 is 0 Å². The molecule has 1 aromatic carbocycles. The van der Waals surface area contributed by atoms with Gasteiger partial charge in [0.2, 0.25) is 11.1 Å². The summed E-state index contributed by atoms with van der Waals surface area (Å²) in [4.78, 5) is 0.745. The van der Waals surface area contributed by atoms with E-state index in [0.29, 0.717) is 0 Å². The molecule has 0 saturated heterocycles. The second kappa shape index (κ2) is 2.51. The molecule has 0 radical (unpaired) electrons. The van der Waals surface area contributed by atoms with Gasteiger partial charge in [0.15, 0.2) is 0 Å². The lowest BCUT2D eigenvalue weighted by molar-refractivity contribution is 0.504. The summed E-state index contributed by atoms with van der Waals surface area (Å²) in [6.07, 6.45) is 3.26. The fourth-order valence-corrected chi connectivity index (χ4v) is 1.75. The number of fused-ring (bicyclic) bond motifs is 1. The van der Waals surface area contributed by atoms with Gasteiger partial charge >= 0.3 is 0 Å². The summed E-state index contributed by atoms with van der Waals surface area (Å²) in [6, 6.07) is 7.46. The minimum Gasteiger partial charge on any atom is -0.405 e. The average molecular weight is 166 g/mol. The Morgan fingerprint density at radius 2 is 2.09 bits per heavy atom. The zero-order valence-corrected chi connectivity index (χ0v) is 6.51. The Kier molecular flexibility index (Phi) is 1.51. The van der Waals surface area contributed by atoms with Crippen LogP contribution in [-0.4, -0.2) is 4.21 Å². The van der Waals surface area contributed by atoms with Gasteiger partial charge in [-0.15, -0.1) is 0 Å². The van der Waals surface area contributed by atoms with Gasteiger partial charge in [0, 0.05) is 0 Å². The third kappa shape index (κ3) is 1.07. The van der Waals surface area contributed by atoms with Crippen LogP contribution in [0.15, 0.2) is 35.4 Å². The van der Waals surface area contributed by atoms with Crippen molar-refractivity contribution >= 4 is 17.2 Å². The quantitative estimate of drug-likeness (QED) is 0.586. The molecule has 2 nitrogen and oxygen atoms in total. The van der Waals surface area contributed by atoms with Crippen molar-refractivity contribution in [3.8, 4) is 0 Å². The third-order valence-corrected chi connectivity index (χ3v) is 2.51. The Morgan fingerprint density at radius 3 is 2.91 bits per heavy atom. The molecule has 2 rings (SSSR count). The van der Waals surface area contributed by atoms with E-state index in [-0.39, 0.29) is 0 Å². The molecule has 3 heteroatoms. The zero-order chi connectivity index (χ0) is 7.68. The van der Waals surface area contributed by atoms with Crippen molar-refractivity contribution in [2.75, 3.05) is 0 Å². The van der Waals surface area contributed by atoms with E-state index in [0.717, 1.165) is 10.5 Å². The van der Waals surface area contributed by atoms with Crippen LogP contribution in [0.5, 0.6) is 0 Å². The largest absolute Gasteiger partial charge is 0.405 e. The maximum Gasteiger partial charge on any atom is 0.240 e. The Hall–Kier alpha value is -1.09. The molecule has 1 unspecified atom stereocenters. The third-order valence-electron chi connectivity index (χ3n) is 1.49. The summed E-state index contributed by atoms with van der Waals surface area (Å²) in [5, 5.41) is 0. The first-order valence-corrected chi connectivity index (χ1v) is 4.30. The summed E-state index contributed by atoms with van der Waals surface area (Å²) in [5.74, 6) is 0. The van der Waals surface area contributed by atoms with Crippen molar-refractivity contribution in [1.82, 2.24) is 0 Å². The minimum absolute atomic E-state index is 0.745. The van der Waals surface area contributed by atoms with E-state index in [2.05, 4.69) is 0 Å². The van der Waals surface area contributed by atoms with Gasteiger partial charge in [-0.1, -0.05) is 18.2 Å². The van der Waals surface area contributed by atoms with Gasteiger partial charge < -0.3 is 4.18 Å². The first-order valence-electron chi connectivity index (χ1n) is 3.22. The van der Waals surface area contributed by atoms with Crippen molar-refractivity contribution in [3.63, 3.8) is 0 Å². The van der Waals surface area contributed by atoms with Gasteiger partial charge in [0.25, 0.3) is 0 Å².